The van der Waals surface area contributed by atoms with Gasteiger partial charge < -0.3 is 5.73 Å². The summed E-state index contributed by atoms with van der Waals surface area (Å²) in [5, 5.41) is 3.31. The van der Waals surface area contributed by atoms with E-state index in [1.807, 2.05) is 6.20 Å². The molecule has 0 spiro atoms. The van der Waals surface area contributed by atoms with E-state index in [0.717, 1.165) is 12.6 Å². The van der Waals surface area contributed by atoms with Crippen LogP contribution >= 0.6 is 11.3 Å². The molecule has 4 nitrogen and oxygen atoms in total. The highest BCUT2D eigenvalue weighted by Crippen LogP contribution is 2.21. The molecule has 0 aliphatic carbocycles. The van der Waals surface area contributed by atoms with Crippen LogP contribution in [0.1, 0.15) is 24.3 Å². The molecule has 5 heteroatoms. The van der Waals surface area contributed by atoms with Crippen LogP contribution in [0.5, 0.6) is 0 Å². The number of aromatic nitrogens is 1. The summed E-state index contributed by atoms with van der Waals surface area (Å²) in [6, 6.07) is 1.19. The second kappa shape index (κ2) is 5.65. The van der Waals surface area contributed by atoms with Crippen LogP contribution in [-0.4, -0.2) is 53.0 Å². The van der Waals surface area contributed by atoms with Gasteiger partial charge in [0.25, 0.3) is 0 Å². The van der Waals surface area contributed by atoms with Crippen molar-refractivity contribution >= 4 is 11.3 Å². The third kappa shape index (κ3) is 2.91. The monoisotopic (exact) mass is 266 g/mol. The number of thiazole rings is 1. The third-order valence-electron chi connectivity index (χ3n) is 4.18. The van der Waals surface area contributed by atoms with Gasteiger partial charge in [0, 0.05) is 36.8 Å². The Hall–Kier alpha value is -0.490. The summed E-state index contributed by atoms with van der Waals surface area (Å²) in [6.07, 6.45) is 5.55. The standard InChI is InChI=1S/C13H22N4S/c14-11-1-6-17(7-2-11)12-3-5-16(9-12)10-13-15-4-8-18-13/h4,8,11-12H,1-3,5-7,9-10,14H2. The Kier molecular flexibility index (Phi) is 3.94. The summed E-state index contributed by atoms with van der Waals surface area (Å²) >= 11 is 1.76. The molecule has 2 aliphatic heterocycles. The van der Waals surface area contributed by atoms with Crippen molar-refractivity contribution < 1.29 is 0 Å². The predicted molar refractivity (Wildman–Crippen MR) is 74.6 cm³/mol. The molecule has 100 valence electrons. The maximum Gasteiger partial charge on any atom is 0.107 e. The molecule has 1 atom stereocenters. The molecule has 0 radical (unpaired) electrons. The van der Waals surface area contributed by atoms with Crippen molar-refractivity contribution in [3.63, 3.8) is 0 Å². The van der Waals surface area contributed by atoms with Gasteiger partial charge in [-0.15, -0.1) is 11.3 Å². The van der Waals surface area contributed by atoms with Gasteiger partial charge in [-0.2, -0.15) is 0 Å². The molecule has 18 heavy (non-hydrogen) atoms. The fraction of sp³-hybridized carbons (Fsp3) is 0.769. The normalized spacial score (nSPS) is 27.9. The van der Waals surface area contributed by atoms with Crippen LogP contribution in [0.2, 0.25) is 0 Å². The number of likely N-dealkylation sites (tertiary alicyclic amines) is 2. The maximum atomic E-state index is 5.97. The van der Waals surface area contributed by atoms with E-state index in [-0.39, 0.29) is 0 Å². The molecule has 1 unspecified atom stereocenters. The summed E-state index contributed by atoms with van der Waals surface area (Å²) in [7, 11) is 0. The van der Waals surface area contributed by atoms with Crippen LogP contribution in [0.25, 0.3) is 0 Å². The molecule has 1 aromatic heterocycles. The van der Waals surface area contributed by atoms with Crippen molar-refractivity contribution in [2.75, 3.05) is 26.2 Å². The molecule has 0 bridgehead atoms. The zero-order chi connectivity index (χ0) is 12.4. The van der Waals surface area contributed by atoms with Gasteiger partial charge in [-0.05, 0) is 32.4 Å². The third-order valence-corrected chi connectivity index (χ3v) is 4.94. The van der Waals surface area contributed by atoms with E-state index in [9.17, 15) is 0 Å². The van der Waals surface area contributed by atoms with Gasteiger partial charge >= 0.3 is 0 Å². The average molecular weight is 266 g/mol. The van der Waals surface area contributed by atoms with Crippen LogP contribution in [-0.2, 0) is 6.54 Å². The molecule has 3 rings (SSSR count). The Morgan fingerprint density at radius 2 is 2.11 bits per heavy atom. The first kappa shape index (κ1) is 12.5. The largest absolute Gasteiger partial charge is 0.328 e. The maximum absolute atomic E-state index is 5.97. The lowest BCUT2D eigenvalue weighted by Gasteiger charge is -2.34. The minimum atomic E-state index is 0.439. The van der Waals surface area contributed by atoms with Crippen molar-refractivity contribution in [1.29, 1.82) is 0 Å². The van der Waals surface area contributed by atoms with Crippen LogP contribution in [0.3, 0.4) is 0 Å². The quantitative estimate of drug-likeness (QED) is 0.891. The van der Waals surface area contributed by atoms with Crippen molar-refractivity contribution in [3.05, 3.63) is 16.6 Å². The molecule has 3 heterocycles. The first-order valence-corrected chi connectivity index (χ1v) is 7.79. The van der Waals surface area contributed by atoms with E-state index in [4.69, 9.17) is 5.73 Å². The van der Waals surface area contributed by atoms with Crippen LogP contribution < -0.4 is 5.73 Å². The van der Waals surface area contributed by atoms with Gasteiger partial charge in [0.1, 0.15) is 5.01 Å². The van der Waals surface area contributed by atoms with Crippen molar-refractivity contribution in [1.82, 2.24) is 14.8 Å². The fourth-order valence-corrected chi connectivity index (χ4v) is 3.72. The molecule has 2 N–H and O–H groups in total. The van der Waals surface area contributed by atoms with Gasteiger partial charge in [-0.1, -0.05) is 0 Å². The highest BCUT2D eigenvalue weighted by atomic mass is 32.1. The SMILES string of the molecule is NC1CCN(C2CCN(Cc3nccs3)C2)CC1. The van der Waals surface area contributed by atoms with Crippen LogP contribution in [0.4, 0.5) is 0 Å². The summed E-state index contributed by atoms with van der Waals surface area (Å²) in [5.74, 6) is 0. The summed E-state index contributed by atoms with van der Waals surface area (Å²) < 4.78 is 0. The highest BCUT2D eigenvalue weighted by molar-refractivity contribution is 7.09. The van der Waals surface area contributed by atoms with Gasteiger partial charge in [-0.3, -0.25) is 9.80 Å². The number of hydrogen-bond acceptors (Lipinski definition) is 5. The van der Waals surface area contributed by atoms with Crippen molar-refractivity contribution in [2.24, 2.45) is 5.73 Å². The Balaban J connectivity index is 1.49. The molecular weight excluding hydrogens is 244 g/mol. The van der Waals surface area contributed by atoms with E-state index in [2.05, 4.69) is 20.2 Å². The van der Waals surface area contributed by atoms with Crippen molar-refractivity contribution in [3.8, 4) is 0 Å². The molecule has 0 saturated carbocycles. The van der Waals surface area contributed by atoms with Crippen molar-refractivity contribution in [2.45, 2.75) is 37.9 Å². The van der Waals surface area contributed by atoms with Crippen LogP contribution in [0.15, 0.2) is 11.6 Å². The molecule has 2 saturated heterocycles. The Morgan fingerprint density at radius 3 is 2.83 bits per heavy atom. The number of piperidine rings is 1. The fourth-order valence-electron chi connectivity index (χ4n) is 3.06. The van der Waals surface area contributed by atoms with Gasteiger partial charge in [-0.25, -0.2) is 4.98 Å². The number of nitrogens with two attached hydrogens (primary N) is 1. The Morgan fingerprint density at radius 1 is 1.28 bits per heavy atom. The lowest BCUT2D eigenvalue weighted by molar-refractivity contribution is 0.151. The summed E-state index contributed by atoms with van der Waals surface area (Å²) in [6.45, 7) is 5.83. The molecule has 2 fully saturated rings. The van der Waals surface area contributed by atoms with E-state index < -0.39 is 0 Å². The summed E-state index contributed by atoms with van der Waals surface area (Å²) in [4.78, 5) is 9.56. The van der Waals surface area contributed by atoms with Crippen LogP contribution in [0, 0.1) is 0 Å². The zero-order valence-electron chi connectivity index (χ0n) is 10.8. The Bertz CT molecular complexity index is 359. The van der Waals surface area contributed by atoms with E-state index in [1.165, 1.54) is 50.4 Å². The Labute approximate surface area is 113 Å². The molecule has 1 aromatic rings. The van der Waals surface area contributed by atoms with E-state index >= 15 is 0 Å². The predicted octanol–water partition coefficient (Wildman–Crippen LogP) is 1.14. The highest BCUT2D eigenvalue weighted by Gasteiger charge is 2.29. The van der Waals surface area contributed by atoms with E-state index in [0.29, 0.717) is 6.04 Å². The molecule has 0 amide bonds. The second-order valence-corrected chi connectivity index (χ2v) is 6.46. The number of hydrogen-bond donors (Lipinski definition) is 1. The van der Waals surface area contributed by atoms with Gasteiger partial charge in [0.2, 0.25) is 0 Å². The van der Waals surface area contributed by atoms with Gasteiger partial charge in [0.15, 0.2) is 0 Å². The lowest BCUT2D eigenvalue weighted by Crippen LogP contribution is -2.46. The minimum Gasteiger partial charge on any atom is -0.328 e. The minimum absolute atomic E-state index is 0.439. The smallest absolute Gasteiger partial charge is 0.107 e. The second-order valence-electron chi connectivity index (χ2n) is 5.48. The molecule has 0 aromatic carbocycles. The summed E-state index contributed by atoms with van der Waals surface area (Å²) in [5.41, 5.74) is 5.97. The average Bonchev–Trinajstić information content (AvgIpc) is 3.02. The lowest BCUT2D eigenvalue weighted by atomic mass is 10.0. The number of rotatable bonds is 3. The topological polar surface area (TPSA) is 45.4 Å². The first-order valence-electron chi connectivity index (χ1n) is 6.91. The zero-order valence-corrected chi connectivity index (χ0v) is 11.6. The molecule has 2 aliphatic rings. The first-order chi connectivity index (χ1) is 8.81. The number of nitrogens with zero attached hydrogens (tertiary/aromatic N) is 3. The van der Waals surface area contributed by atoms with E-state index in [1.54, 1.807) is 11.3 Å². The molecular formula is C13H22N4S. The van der Waals surface area contributed by atoms with Gasteiger partial charge in [0.05, 0.1) is 6.54 Å².